The molecule has 1 aliphatic heterocycles. The van der Waals surface area contributed by atoms with Gasteiger partial charge in [0.05, 0.1) is 17.8 Å². The zero-order chi connectivity index (χ0) is 14.4. The number of amides is 2. The number of hydrogen-bond donors (Lipinski definition) is 2. The highest BCUT2D eigenvalue weighted by Gasteiger charge is 2.29. The van der Waals surface area contributed by atoms with Crippen LogP contribution in [0.3, 0.4) is 0 Å². The molecule has 2 heterocycles. The summed E-state index contributed by atoms with van der Waals surface area (Å²) in [5.41, 5.74) is 0.830. The maximum atomic E-state index is 12.1. The molecule has 0 unspecified atom stereocenters. The van der Waals surface area contributed by atoms with Crippen molar-refractivity contribution in [1.29, 1.82) is 0 Å². The summed E-state index contributed by atoms with van der Waals surface area (Å²) in [6, 6.07) is 0. The lowest BCUT2D eigenvalue weighted by atomic mass is 9.96. The second-order valence-electron chi connectivity index (χ2n) is 5.08. The summed E-state index contributed by atoms with van der Waals surface area (Å²) in [6.07, 6.45) is 4.35. The van der Waals surface area contributed by atoms with Gasteiger partial charge in [0.15, 0.2) is 0 Å². The van der Waals surface area contributed by atoms with Crippen LogP contribution in [0.5, 0.6) is 0 Å². The lowest BCUT2D eigenvalue weighted by Crippen LogP contribution is -2.46. The van der Waals surface area contributed by atoms with Crippen LogP contribution in [0.15, 0.2) is 6.20 Å². The van der Waals surface area contributed by atoms with E-state index >= 15 is 0 Å². The van der Waals surface area contributed by atoms with Crippen molar-refractivity contribution >= 4 is 11.8 Å². The lowest BCUT2D eigenvalue weighted by molar-refractivity contribution is -0.138. The van der Waals surface area contributed by atoms with Crippen molar-refractivity contribution in [3.63, 3.8) is 0 Å². The Labute approximate surface area is 118 Å². The van der Waals surface area contributed by atoms with E-state index in [1.54, 1.807) is 11.1 Å². The third kappa shape index (κ3) is 3.79. The van der Waals surface area contributed by atoms with Crippen LogP contribution in [-0.4, -0.2) is 51.8 Å². The smallest absolute Gasteiger partial charge is 0.224 e. The summed E-state index contributed by atoms with van der Waals surface area (Å²) < 4.78 is 0. The van der Waals surface area contributed by atoms with Crippen LogP contribution in [-0.2, 0) is 16.0 Å². The molecule has 20 heavy (non-hydrogen) atoms. The van der Waals surface area contributed by atoms with Crippen LogP contribution in [0.1, 0.15) is 31.9 Å². The number of nitrogens with one attached hydrogen (secondary N) is 2. The second kappa shape index (κ2) is 7.02. The molecule has 1 aliphatic rings. The Bertz CT molecular complexity index is 446. The van der Waals surface area contributed by atoms with Crippen molar-refractivity contribution < 1.29 is 9.59 Å². The van der Waals surface area contributed by atoms with E-state index < -0.39 is 0 Å². The first-order valence-electron chi connectivity index (χ1n) is 7.10. The monoisotopic (exact) mass is 279 g/mol. The van der Waals surface area contributed by atoms with Crippen LogP contribution >= 0.6 is 0 Å². The Morgan fingerprint density at radius 3 is 3.15 bits per heavy atom. The van der Waals surface area contributed by atoms with Crippen molar-refractivity contribution in [3.05, 3.63) is 11.9 Å². The van der Waals surface area contributed by atoms with Gasteiger partial charge in [0, 0.05) is 32.5 Å². The number of nitrogens with zero attached hydrogens (tertiary/aromatic N) is 3. The lowest BCUT2D eigenvalue weighted by Gasteiger charge is -2.31. The first kappa shape index (κ1) is 14.5. The molecule has 0 aromatic carbocycles. The van der Waals surface area contributed by atoms with Crippen LogP contribution in [0.2, 0.25) is 0 Å². The van der Waals surface area contributed by atoms with Gasteiger partial charge >= 0.3 is 0 Å². The largest absolute Gasteiger partial charge is 0.355 e. The van der Waals surface area contributed by atoms with Gasteiger partial charge in [0.25, 0.3) is 0 Å². The summed E-state index contributed by atoms with van der Waals surface area (Å²) in [6.45, 7) is 3.86. The first-order valence-corrected chi connectivity index (χ1v) is 7.10. The molecule has 0 saturated carbocycles. The Morgan fingerprint density at radius 2 is 2.45 bits per heavy atom. The fraction of sp³-hybridized carbons (Fsp3) is 0.692. The molecule has 1 saturated heterocycles. The van der Waals surface area contributed by atoms with E-state index in [1.165, 1.54) is 0 Å². The van der Waals surface area contributed by atoms with E-state index in [9.17, 15) is 9.59 Å². The molecule has 2 rings (SSSR count). The fourth-order valence-electron chi connectivity index (χ4n) is 2.42. The molecule has 1 aromatic rings. The van der Waals surface area contributed by atoms with Gasteiger partial charge in [0.1, 0.15) is 0 Å². The number of carbonyl (C=O) groups excluding carboxylic acids is 2. The molecule has 2 amide bonds. The van der Waals surface area contributed by atoms with E-state index in [0.717, 1.165) is 18.7 Å². The minimum absolute atomic E-state index is 0.0297. The highest BCUT2D eigenvalue weighted by atomic mass is 16.2. The van der Waals surface area contributed by atoms with E-state index in [1.807, 2.05) is 6.92 Å². The standard InChI is InChI=1S/C13H21N5O2/c1-2-7-18-9-10(3-4-12(18)19)13(20)14-6-5-11-8-15-17-16-11/h8,10H,2-7,9H2,1H3,(H,14,20)(H,15,16,17)/t10-/m1/s1. The third-order valence-electron chi connectivity index (χ3n) is 3.51. The van der Waals surface area contributed by atoms with Gasteiger partial charge in [-0.05, 0) is 12.8 Å². The van der Waals surface area contributed by atoms with E-state index in [0.29, 0.717) is 32.4 Å². The Kier molecular flexibility index (Phi) is 5.09. The molecule has 1 atom stereocenters. The number of likely N-dealkylation sites (tertiary alicyclic amines) is 1. The topological polar surface area (TPSA) is 91.0 Å². The number of rotatable bonds is 6. The number of aromatic nitrogens is 3. The number of H-pyrrole nitrogens is 1. The predicted molar refractivity (Wildman–Crippen MR) is 72.7 cm³/mol. The quantitative estimate of drug-likeness (QED) is 0.773. The number of hydrogen-bond acceptors (Lipinski definition) is 4. The van der Waals surface area contributed by atoms with Crippen LogP contribution in [0.25, 0.3) is 0 Å². The van der Waals surface area contributed by atoms with Crippen LogP contribution in [0.4, 0.5) is 0 Å². The minimum Gasteiger partial charge on any atom is -0.355 e. The Hall–Kier alpha value is -1.92. The van der Waals surface area contributed by atoms with Crippen LogP contribution in [0, 0.1) is 5.92 Å². The van der Waals surface area contributed by atoms with Gasteiger partial charge in [0.2, 0.25) is 11.8 Å². The number of carbonyl (C=O) groups is 2. The zero-order valence-electron chi connectivity index (χ0n) is 11.8. The Morgan fingerprint density at radius 1 is 1.60 bits per heavy atom. The predicted octanol–water partition coefficient (Wildman–Crippen LogP) is 0.112. The average molecular weight is 279 g/mol. The molecule has 1 fully saturated rings. The molecular formula is C13H21N5O2. The molecule has 2 N–H and O–H groups in total. The summed E-state index contributed by atoms with van der Waals surface area (Å²) in [7, 11) is 0. The van der Waals surface area contributed by atoms with Crippen molar-refractivity contribution in [2.75, 3.05) is 19.6 Å². The minimum atomic E-state index is -0.0865. The molecule has 0 aliphatic carbocycles. The van der Waals surface area contributed by atoms with Gasteiger partial charge in [-0.1, -0.05) is 6.92 Å². The molecule has 7 nitrogen and oxygen atoms in total. The van der Waals surface area contributed by atoms with Crippen molar-refractivity contribution in [3.8, 4) is 0 Å². The van der Waals surface area contributed by atoms with Gasteiger partial charge in [-0.2, -0.15) is 15.4 Å². The summed E-state index contributed by atoms with van der Waals surface area (Å²) in [4.78, 5) is 25.6. The summed E-state index contributed by atoms with van der Waals surface area (Å²) >= 11 is 0. The van der Waals surface area contributed by atoms with Crippen molar-refractivity contribution in [2.45, 2.75) is 32.6 Å². The third-order valence-corrected chi connectivity index (χ3v) is 3.51. The maximum absolute atomic E-state index is 12.1. The second-order valence-corrected chi connectivity index (χ2v) is 5.08. The summed E-state index contributed by atoms with van der Waals surface area (Å²) in [5.74, 6) is 0.108. The first-order chi connectivity index (χ1) is 9.70. The maximum Gasteiger partial charge on any atom is 0.224 e. The van der Waals surface area contributed by atoms with Gasteiger partial charge < -0.3 is 10.2 Å². The fourth-order valence-corrected chi connectivity index (χ4v) is 2.42. The normalized spacial score (nSPS) is 19.1. The molecule has 0 bridgehead atoms. The van der Waals surface area contributed by atoms with E-state index in [4.69, 9.17) is 0 Å². The molecule has 110 valence electrons. The molecule has 0 spiro atoms. The highest BCUT2D eigenvalue weighted by molar-refractivity contribution is 5.83. The average Bonchev–Trinajstić information content (AvgIpc) is 2.94. The molecule has 1 aromatic heterocycles. The number of aromatic amines is 1. The van der Waals surface area contributed by atoms with Gasteiger partial charge in [-0.3, -0.25) is 9.59 Å². The van der Waals surface area contributed by atoms with Crippen molar-refractivity contribution in [2.24, 2.45) is 5.92 Å². The van der Waals surface area contributed by atoms with Crippen molar-refractivity contribution in [1.82, 2.24) is 25.6 Å². The Balaban J connectivity index is 1.75. The SMILES string of the molecule is CCCN1C[C@H](C(=O)NCCc2cn[nH]n2)CCC1=O. The van der Waals surface area contributed by atoms with Gasteiger partial charge in [-0.25, -0.2) is 0 Å². The summed E-state index contributed by atoms with van der Waals surface area (Å²) in [5, 5.41) is 13.1. The number of piperidine rings is 1. The molecule has 0 radical (unpaired) electrons. The zero-order valence-corrected chi connectivity index (χ0v) is 11.8. The van der Waals surface area contributed by atoms with E-state index in [2.05, 4.69) is 20.7 Å². The highest BCUT2D eigenvalue weighted by Crippen LogP contribution is 2.17. The van der Waals surface area contributed by atoms with E-state index in [-0.39, 0.29) is 17.7 Å². The van der Waals surface area contributed by atoms with Crippen LogP contribution < -0.4 is 5.32 Å². The molecule has 7 heteroatoms. The van der Waals surface area contributed by atoms with Gasteiger partial charge in [-0.15, -0.1) is 0 Å². The molecular weight excluding hydrogens is 258 g/mol.